The van der Waals surface area contributed by atoms with Crippen molar-refractivity contribution in [2.24, 2.45) is 0 Å². The van der Waals surface area contributed by atoms with Crippen molar-refractivity contribution in [3.05, 3.63) is 46.3 Å². The van der Waals surface area contributed by atoms with E-state index in [9.17, 15) is 4.79 Å². The molecule has 0 saturated carbocycles. The molecule has 0 aliphatic rings. The molecule has 0 radical (unpaired) electrons. The molecule has 6 heteroatoms. The molecular formula is C17H21ClN2O3. The van der Waals surface area contributed by atoms with Gasteiger partial charge in [0, 0.05) is 36.2 Å². The number of nitrogens with zero attached hydrogens (tertiary/aromatic N) is 2. The fraction of sp³-hybridized carbons (Fsp3) is 0.412. The number of aromatic nitrogens is 1. The Hall–Kier alpha value is -2.01. The number of hydrogen-bond acceptors (Lipinski definition) is 4. The normalized spacial score (nSPS) is 10.9. The van der Waals surface area contributed by atoms with Crippen molar-refractivity contribution in [3.63, 3.8) is 0 Å². The average molecular weight is 337 g/mol. The van der Waals surface area contributed by atoms with E-state index < -0.39 is 0 Å². The van der Waals surface area contributed by atoms with Crippen LogP contribution in [-0.4, -0.2) is 29.6 Å². The third-order valence-electron chi connectivity index (χ3n) is 3.39. The number of carbonyl (C=O) groups excluding carboxylic acids is 1. The highest BCUT2D eigenvalue weighted by Gasteiger charge is 2.19. The predicted molar refractivity (Wildman–Crippen MR) is 89.0 cm³/mol. The number of amides is 1. The van der Waals surface area contributed by atoms with E-state index in [0.717, 1.165) is 11.3 Å². The Morgan fingerprint density at radius 2 is 2.13 bits per heavy atom. The lowest BCUT2D eigenvalue weighted by Gasteiger charge is -2.18. The van der Waals surface area contributed by atoms with Gasteiger partial charge in [-0.05, 0) is 25.1 Å². The van der Waals surface area contributed by atoms with E-state index in [0.29, 0.717) is 29.6 Å². The summed E-state index contributed by atoms with van der Waals surface area (Å²) in [5, 5.41) is 4.46. The Morgan fingerprint density at radius 1 is 1.39 bits per heavy atom. The van der Waals surface area contributed by atoms with Gasteiger partial charge in [0.05, 0.1) is 6.61 Å². The van der Waals surface area contributed by atoms with Crippen molar-refractivity contribution in [3.8, 4) is 5.75 Å². The van der Waals surface area contributed by atoms with Crippen LogP contribution in [-0.2, 0) is 6.54 Å². The van der Waals surface area contributed by atoms with Gasteiger partial charge in [-0.1, -0.05) is 30.6 Å². The second-order valence-electron chi connectivity index (χ2n) is 5.62. The molecule has 0 bridgehead atoms. The molecule has 124 valence electrons. The molecule has 1 aromatic carbocycles. The van der Waals surface area contributed by atoms with Gasteiger partial charge in [0.25, 0.3) is 5.91 Å². The minimum atomic E-state index is -0.205. The van der Waals surface area contributed by atoms with Crippen LogP contribution in [0.15, 0.2) is 28.8 Å². The van der Waals surface area contributed by atoms with Gasteiger partial charge in [-0.2, -0.15) is 0 Å². The topological polar surface area (TPSA) is 55.6 Å². The number of carbonyl (C=O) groups is 1. The molecule has 5 nitrogen and oxygen atoms in total. The van der Waals surface area contributed by atoms with Gasteiger partial charge < -0.3 is 14.2 Å². The maximum Gasteiger partial charge on any atom is 0.276 e. The molecule has 0 spiro atoms. The molecule has 0 N–H and O–H groups in total. The second-order valence-corrected chi connectivity index (χ2v) is 6.05. The molecular weight excluding hydrogens is 316 g/mol. The van der Waals surface area contributed by atoms with Crippen LogP contribution in [0.5, 0.6) is 5.75 Å². The molecule has 1 aromatic heterocycles. The lowest BCUT2D eigenvalue weighted by atomic mass is 10.1. The van der Waals surface area contributed by atoms with Gasteiger partial charge in [-0.15, -0.1) is 0 Å². The van der Waals surface area contributed by atoms with Crippen LogP contribution in [0, 0.1) is 0 Å². The highest BCUT2D eigenvalue weighted by Crippen LogP contribution is 2.25. The SMILES string of the molecule is CCOc1ccc(Cl)cc1CN(C)C(=O)c1cc(C(C)C)on1. The molecule has 0 saturated heterocycles. The van der Waals surface area contributed by atoms with Crippen LogP contribution in [0.25, 0.3) is 0 Å². The number of halogens is 1. The molecule has 1 amide bonds. The average Bonchev–Trinajstić information content (AvgIpc) is 2.99. The predicted octanol–water partition coefficient (Wildman–Crippen LogP) is 4.12. The number of benzene rings is 1. The smallest absolute Gasteiger partial charge is 0.276 e. The van der Waals surface area contributed by atoms with Gasteiger partial charge in [0.15, 0.2) is 5.69 Å². The molecule has 0 aliphatic heterocycles. The minimum absolute atomic E-state index is 0.187. The summed E-state index contributed by atoms with van der Waals surface area (Å²) < 4.78 is 10.8. The number of ether oxygens (including phenoxy) is 1. The van der Waals surface area contributed by atoms with Gasteiger partial charge in [0.1, 0.15) is 11.5 Å². The Bertz CT molecular complexity index is 682. The van der Waals surface area contributed by atoms with E-state index in [1.165, 1.54) is 0 Å². The summed E-state index contributed by atoms with van der Waals surface area (Å²) in [7, 11) is 1.71. The van der Waals surface area contributed by atoms with Crippen molar-refractivity contribution < 1.29 is 14.1 Å². The van der Waals surface area contributed by atoms with Crippen LogP contribution in [0.4, 0.5) is 0 Å². The number of rotatable bonds is 6. The molecule has 0 atom stereocenters. The first-order valence-electron chi connectivity index (χ1n) is 7.55. The fourth-order valence-corrected chi connectivity index (χ4v) is 2.35. The van der Waals surface area contributed by atoms with E-state index >= 15 is 0 Å². The Labute approximate surface area is 141 Å². The second kappa shape index (κ2) is 7.51. The summed E-state index contributed by atoms with van der Waals surface area (Å²) >= 11 is 6.05. The lowest BCUT2D eigenvalue weighted by Crippen LogP contribution is -2.26. The van der Waals surface area contributed by atoms with Crippen molar-refractivity contribution in [2.75, 3.05) is 13.7 Å². The van der Waals surface area contributed by atoms with E-state index in [2.05, 4.69) is 5.16 Å². The highest BCUT2D eigenvalue weighted by atomic mass is 35.5. The van der Waals surface area contributed by atoms with Gasteiger partial charge >= 0.3 is 0 Å². The fourth-order valence-electron chi connectivity index (χ4n) is 2.15. The molecule has 23 heavy (non-hydrogen) atoms. The van der Waals surface area contributed by atoms with Crippen LogP contribution in [0.2, 0.25) is 5.02 Å². The first-order chi connectivity index (χ1) is 10.9. The van der Waals surface area contributed by atoms with E-state index in [-0.39, 0.29) is 11.8 Å². The zero-order valence-corrected chi connectivity index (χ0v) is 14.6. The van der Waals surface area contributed by atoms with Crippen molar-refractivity contribution in [1.29, 1.82) is 0 Å². The van der Waals surface area contributed by atoms with Gasteiger partial charge in [-0.25, -0.2) is 0 Å². The third kappa shape index (κ3) is 4.26. The summed E-state index contributed by atoms with van der Waals surface area (Å²) in [6.07, 6.45) is 0. The molecule has 2 rings (SSSR count). The van der Waals surface area contributed by atoms with Crippen LogP contribution in [0.1, 0.15) is 48.5 Å². The van der Waals surface area contributed by atoms with E-state index in [1.54, 1.807) is 30.1 Å². The lowest BCUT2D eigenvalue weighted by molar-refractivity contribution is 0.0773. The van der Waals surface area contributed by atoms with Gasteiger partial charge in [-0.3, -0.25) is 4.79 Å². The molecule has 2 aromatic rings. The third-order valence-corrected chi connectivity index (χ3v) is 3.63. The Balaban J connectivity index is 2.15. The summed E-state index contributed by atoms with van der Waals surface area (Å²) in [5.41, 5.74) is 1.15. The first kappa shape index (κ1) is 17.3. The molecule has 0 fully saturated rings. The summed E-state index contributed by atoms with van der Waals surface area (Å²) in [4.78, 5) is 14.0. The van der Waals surface area contributed by atoms with Crippen molar-refractivity contribution in [1.82, 2.24) is 10.1 Å². The Morgan fingerprint density at radius 3 is 2.74 bits per heavy atom. The van der Waals surface area contributed by atoms with Crippen LogP contribution in [0.3, 0.4) is 0 Å². The maximum absolute atomic E-state index is 12.5. The number of hydrogen-bond donors (Lipinski definition) is 0. The largest absolute Gasteiger partial charge is 0.494 e. The summed E-state index contributed by atoms with van der Waals surface area (Å²) in [6.45, 7) is 6.81. The molecule has 1 heterocycles. The molecule has 0 aliphatic carbocycles. The van der Waals surface area contributed by atoms with E-state index in [4.69, 9.17) is 20.9 Å². The van der Waals surface area contributed by atoms with Gasteiger partial charge in [0.2, 0.25) is 0 Å². The first-order valence-corrected chi connectivity index (χ1v) is 7.93. The standard InChI is InChI=1S/C17H21ClN2O3/c1-5-22-15-7-6-13(18)8-12(15)10-20(4)17(21)14-9-16(11(2)3)23-19-14/h6-9,11H,5,10H2,1-4H3. The maximum atomic E-state index is 12.5. The highest BCUT2D eigenvalue weighted by molar-refractivity contribution is 6.30. The summed E-state index contributed by atoms with van der Waals surface area (Å²) in [5.74, 6) is 1.40. The minimum Gasteiger partial charge on any atom is -0.494 e. The van der Waals surface area contributed by atoms with Crippen molar-refractivity contribution >= 4 is 17.5 Å². The quantitative estimate of drug-likeness (QED) is 0.796. The zero-order chi connectivity index (χ0) is 17.0. The molecule has 0 unspecified atom stereocenters. The van der Waals surface area contributed by atoms with E-state index in [1.807, 2.05) is 26.8 Å². The zero-order valence-electron chi connectivity index (χ0n) is 13.8. The Kier molecular flexibility index (Phi) is 5.66. The van der Waals surface area contributed by atoms with Crippen LogP contribution >= 0.6 is 11.6 Å². The van der Waals surface area contributed by atoms with Crippen LogP contribution < -0.4 is 4.74 Å². The monoisotopic (exact) mass is 336 g/mol. The van der Waals surface area contributed by atoms with Crippen molar-refractivity contribution in [2.45, 2.75) is 33.2 Å². The summed E-state index contributed by atoms with van der Waals surface area (Å²) in [6, 6.07) is 7.07.